The third kappa shape index (κ3) is 3.44. The Bertz CT molecular complexity index is 420. The van der Waals surface area contributed by atoms with E-state index in [1.807, 2.05) is 12.1 Å². The largest absolute Gasteiger partial charge is 0.466 e. The van der Waals surface area contributed by atoms with E-state index in [1.54, 1.807) is 12.1 Å². The van der Waals surface area contributed by atoms with Gasteiger partial charge in [0.1, 0.15) is 0 Å². The summed E-state index contributed by atoms with van der Waals surface area (Å²) in [6.07, 6.45) is -0.00668. The molecule has 0 radical (unpaired) electrons. The topological polar surface area (TPSA) is 43.4 Å². The summed E-state index contributed by atoms with van der Waals surface area (Å²) in [6, 6.07) is 7.15. The third-order valence-electron chi connectivity index (χ3n) is 2.01. The molecule has 1 aromatic carbocycles. The van der Waals surface area contributed by atoms with E-state index in [-0.39, 0.29) is 17.8 Å². The number of halogens is 1. The molecule has 0 unspecified atom stereocenters. The smallest absolute Gasteiger partial charge is 0.333 e. The fourth-order valence-corrected chi connectivity index (χ4v) is 1.51. The second-order valence-electron chi connectivity index (χ2n) is 3.20. The van der Waals surface area contributed by atoms with Crippen molar-refractivity contribution in [2.75, 3.05) is 7.11 Å². The van der Waals surface area contributed by atoms with Crippen LogP contribution in [0.5, 0.6) is 0 Å². The standard InChI is InChI=1S/C12H11IO3/c1-8(12(15)16-2)7-11(14)9-3-5-10(13)6-4-9/h3-6H,1,7H2,2H3. The lowest BCUT2D eigenvalue weighted by Gasteiger charge is -2.03. The van der Waals surface area contributed by atoms with Gasteiger partial charge in [0.2, 0.25) is 0 Å². The zero-order chi connectivity index (χ0) is 12.1. The van der Waals surface area contributed by atoms with Gasteiger partial charge in [0.05, 0.1) is 7.11 Å². The first-order valence-corrected chi connectivity index (χ1v) is 5.67. The summed E-state index contributed by atoms with van der Waals surface area (Å²) < 4.78 is 5.53. The van der Waals surface area contributed by atoms with Crippen LogP contribution in [-0.4, -0.2) is 18.9 Å². The summed E-state index contributed by atoms with van der Waals surface area (Å²) >= 11 is 2.16. The molecule has 0 fully saturated rings. The fraction of sp³-hybridized carbons (Fsp3) is 0.167. The van der Waals surface area contributed by atoms with Gasteiger partial charge < -0.3 is 4.74 Å². The molecule has 3 nitrogen and oxygen atoms in total. The number of hydrogen-bond donors (Lipinski definition) is 0. The maximum atomic E-state index is 11.7. The van der Waals surface area contributed by atoms with E-state index in [0.717, 1.165) is 3.57 Å². The average Bonchev–Trinajstić information content (AvgIpc) is 2.28. The lowest BCUT2D eigenvalue weighted by molar-refractivity contribution is -0.136. The highest BCUT2D eigenvalue weighted by atomic mass is 127. The van der Waals surface area contributed by atoms with Crippen molar-refractivity contribution in [2.24, 2.45) is 0 Å². The number of Topliss-reactive ketones (excluding diaryl/α,β-unsaturated/α-hetero) is 1. The highest BCUT2D eigenvalue weighted by molar-refractivity contribution is 14.1. The van der Waals surface area contributed by atoms with Crippen LogP contribution in [0.25, 0.3) is 0 Å². The molecule has 4 heteroatoms. The highest BCUT2D eigenvalue weighted by Gasteiger charge is 2.13. The summed E-state index contributed by atoms with van der Waals surface area (Å²) in [7, 11) is 1.27. The Kier molecular flexibility index (Phi) is 4.67. The molecule has 0 amide bonds. The minimum Gasteiger partial charge on any atom is -0.466 e. The van der Waals surface area contributed by atoms with Crippen LogP contribution in [0.15, 0.2) is 36.4 Å². The van der Waals surface area contributed by atoms with Crippen molar-refractivity contribution in [2.45, 2.75) is 6.42 Å². The van der Waals surface area contributed by atoms with Crippen LogP contribution in [-0.2, 0) is 9.53 Å². The van der Waals surface area contributed by atoms with Gasteiger partial charge in [-0.25, -0.2) is 4.79 Å². The van der Waals surface area contributed by atoms with Crippen LogP contribution in [0.3, 0.4) is 0 Å². The van der Waals surface area contributed by atoms with Crippen LogP contribution in [0.4, 0.5) is 0 Å². The lowest BCUT2D eigenvalue weighted by Crippen LogP contribution is -2.09. The third-order valence-corrected chi connectivity index (χ3v) is 2.73. The van der Waals surface area contributed by atoms with Gasteiger partial charge in [0, 0.05) is 21.1 Å². The van der Waals surface area contributed by atoms with E-state index in [2.05, 4.69) is 33.9 Å². The molecular weight excluding hydrogens is 319 g/mol. The van der Waals surface area contributed by atoms with E-state index in [9.17, 15) is 9.59 Å². The van der Waals surface area contributed by atoms with Gasteiger partial charge in [-0.1, -0.05) is 18.7 Å². The molecule has 0 saturated heterocycles. The van der Waals surface area contributed by atoms with Crippen LogP contribution >= 0.6 is 22.6 Å². The number of methoxy groups -OCH3 is 1. The molecule has 0 spiro atoms. The molecule has 16 heavy (non-hydrogen) atoms. The predicted octanol–water partition coefficient (Wildman–Crippen LogP) is 2.59. The molecule has 0 aromatic heterocycles. The zero-order valence-electron chi connectivity index (χ0n) is 8.83. The number of benzene rings is 1. The number of ketones is 1. The number of hydrogen-bond acceptors (Lipinski definition) is 3. The van der Waals surface area contributed by atoms with Gasteiger partial charge in [-0.05, 0) is 34.7 Å². The molecular formula is C12H11IO3. The molecule has 84 valence electrons. The van der Waals surface area contributed by atoms with Crippen molar-refractivity contribution < 1.29 is 14.3 Å². The lowest BCUT2D eigenvalue weighted by atomic mass is 10.0. The maximum Gasteiger partial charge on any atom is 0.333 e. The van der Waals surface area contributed by atoms with Gasteiger partial charge in [-0.15, -0.1) is 0 Å². The SMILES string of the molecule is C=C(CC(=O)c1ccc(I)cc1)C(=O)OC. The minimum absolute atomic E-state index is 0.00668. The molecule has 0 heterocycles. The fourth-order valence-electron chi connectivity index (χ4n) is 1.15. The second-order valence-corrected chi connectivity index (χ2v) is 4.45. The Hall–Kier alpha value is -1.17. The van der Waals surface area contributed by atoms with Gasteiger partial charge >= 0.3 is 5.97 Å². The zero-order valence-corrected chi connectivity index (χ0v) is 11.0. The number of carbonyl (C=O) groups is 2. The quantitative estimate of drug-likeness (QED) is 0.369. The van der Waals surface area contributed by atoms with Crippen molar-refractivity contribution in [1.29, 1.82) is 0 Å². The van der Waals surface area contributed by atoms with E-state index < -0.39 is 5.97 Å². The number of ether oxygens (including phenoxy) is 1. The van der Waals surface area contributed by atoms with Crippen molar-refractivity contribution in [1.82, 2.24) is 0 Å². The minimum atomic E-state index is -0.543. The molecule has 0 aliphatic heterocycles. The van der Waals surface area contributed by atoms with Gasteiger partial charge in [0.15, 0.2) is 5.78 Å². The average molecular weight is 330 g/mol. The van der Waals surface area contributed by atoms with Crippen molar-refractivity contribution >= 4 is 34.3 Å². The second kappa shape index (κ2) is 5.79. The number of carbonyl (C=O) groups excluding carboxylic acids is 2. The number of rotatable bonds is 4. The van der Waals surface area contributed by atoms with Crippen LogP contribution in [0.2, 0.25) is 0 Å². The molecule has 0 aliphatic carbocycles. The monoisotopic (exact) mass is 330 g/mol. The van der Waals surface area contributed by atoms with Crippen molar-refractivity contribution in [3.8, 4) is 0 Å². The van der Waals surface area contributed by atoms with Gasteiger partial charge in [-0.2, -0.15) is 0 Å². The van der Waals surface area contributed by atoms with E-state index in [1.165, 1.54) is 7.11 Å². The van der Waals surface area contributed by atoms with E-state index in [0.29, 0.717) is 5.56 Å². The molecule has 0 bridgehead atoms. The summed E-state index contributed by atoms with van der Waals surface area (Å²) in [5.74, 6) is -0.675. The Balaban J connectivity index is 2.69. The molecule has 0 saturated carbocycles. The normalized spacial score (nSPS) is 9.62. The van der Waals surface area contributed by atoms with Crippen LogP contribution in [0, 0.1) is 3.57 Å². The van der Waals surface area contributed by atoms with Gasteiger partial charge in [-0.3, -0.25) is 4.79 Å². The maximum absolute atomic E-state index is 11.7. The summed E-state index contributed by atoms with van der Waals surface area (Å²) in [5.41, 5.74) is 0.747. The van der Waals surface area contributed by atoms with Crippen molar-refractivity contribution in [3.05, 3.63) is 45.6 Å². The predicted molar refractivity (Wildman–Crippen MR) is 69.3 cm³/mol. The first kappa shape index (κ1) is 12.9. The molecule has 0 aliphatic rings. The van der Waals surface area contributed by atoms with Crippen LogP contribution in [0.1, 0.15) is 16.8 Å². The summed E-state index contributed by atoms with van der Waals surface area (Å²) in [5, 5.41) is 0. The first-order chi connectivity index (χ1) is 7.54. The molecule has 1 aromatic rings. The summed E-state index contributed by atoms with van der Waals surface area (Å²) in [6.45, 7) is 3.51. The first-order valence-electron chi connectivity index (χ1n) is 4.59. The number of esters is 1. The molecule has 1 rings (SSSR count). The van der Waals surface area contributed by atoms with Crippen molar-refractivity contribution in [3.63, 3.8) is 0 Å². The Morgan fingerprint density at radius 3 is 2.38 bits per heavy atom. The highest BCUT2D eigenvalue weighted by Crippen LogP contribution is 2.11. The van der Waals surface area contributed by atoms with E-state index in [4.69, 9.17) is 0 Å². The Morgan fingerprint density at radius 1 is 1.31 bits per heavy atom. The Labute approximate surface area is 108 Å². The Morgan fingerprint density at radius 2 is 1.88 bits per heavy atom. The van der Waals surface area contributed by atoms with Crippen LogP contribution < -0.4 is 0 Å². The molecule has 0 N–H and O–H groups in total. The van der Waals surface area contributed by atoms with E-state index >= 15 is 0 Å². The summed E-state index contributed by atoms with van der Waals surface area (Å²) in [4.78, 5) is 22.8. The molecule has 0 atom stereocenters. The van der Waals surface area contributed by atoms with Gasteiger partial charge in [0.25, 0.3) is 0 Å².